The van der Waals surface area contributed by atoms with E-state index in [1.165, 1.54) is 4.90 Å². The average Bonchev–Trinajstić information content (AvgIpc) is 2.90. The molecule has 1 unspecified atom stereocenters. The van der Waals surface area contributed by atoms with Crippen LogP contribution in [0.15, 0.2) is 35.4 Å². The van der Waals surface area contributed by atoms with Crippen LogP contribution in [-0.2, 0) is 0 Å². The zero-order valence-electron chi connectivity index (χ0n) is 12.3. The summed E-state index contributed by atoms with van der Waals surface area (Å²) in [5, 5.41) is 4.39. The van der Waals surface area contributed by atoms with E-state index in [0.29, 0.717) is 0 Å². The van der Waals surface area contributed by atoms with Crippen molar-refractivity contribution in [1.82, 2.24) is 9.78 Å². The molecule has 1 aromatic carbocycles. The zero-order chi connectivity index (χ0) is 14.7. The van der Waals surface area contributed by atoms with Gasteiger partial charge in [0.05, 0.1) is 19.3 Å². The van der Waals surface area contributed by atoms with Gasteiger partial charge in [-0.05, 0) is 31.7 Å². The molecule has 1 atom stereocenters. The molecule has 0 bridgehead atoms. The fraction of sp³-hybridized carbons (Fsp3) is 0.400. The standard InChI is InChI=1S/C15H21N3OS/c1-10(2)18-15(12(19-3)9-17-18)14(16)11-7-5-6-8-13(11)20-4/h5-10,14H,16H2,1-4H3. The van der Waals surface area contributed by atoms with Gasteiger partial charge >= 0.3 is 0 Å². The molecule has 0 aliphatic heterocycles. The normalized spacial score (nSPS) is 12.7. The van der Waals surface area contributed by atoms with Crippen molar-refractivity contribution in [3.05, 3.63) is 41.7 Å². The SMILES string of the molecule is COc1cnn(C(C)C)c1C(N)c1ccccc1SC. The Bertz CT molecular complexity index is 580. The van der Waals surface area contributed by atoms with Gasteiger partial charge in [-0.25, -0.2) is 0 Å². The number of hydrogen-bond acceptors (Lipinski definition) is 4. The minimum Gasteiger partial charge on any atom is -0.493 e. The van der Waals surface area contributed by atoms with Gasteiger partial charge in [0.15, 0.2) is 5.75 Å². The summed E-state index contributed by atoms with van der Waals surface area (Å²) in [5.41, 5.74) is 8.52. The number of benzene rings is 1. The molecule has 4 nitrogen and oxygen atoms in total. The summed E-state index contributed by atoms with van der Waals surface area (Å²) in [4.78, 5) is 1.18. The summed E-state index contributed by atoms with van der Waals surface area (Å²) < 4.78 is 7.35. The Labute approximate surface area is 124 Å². The van der Waals surface area contributed by atoms with Crippen molar-refractivity contribution < 1.29 is 4.74 Å². The van der Waals surface area contributed by atoms with Crippen LogP contribution in [0.2, 0.25) is 0 Å². The van der Waals surface area contributed by atoms with E-state index >= 15 is 0 Å². The van der Waals surface area contributed by atoms with Gasteiger partial charge in [0.25, 0.3) is 0 Å². The molecule has 0 saturated carbocycles. The number of thioether (sulfide) groups is 1. The Morgan fingerprint density at radius 3 is 2.60 bits per heavy atom. The van der Waals surface area contributed by atoms with Crippen LogP contribution in [0, 0.1) is 0 Å². The van der Waals surface area contributed by atoms with E-state index in [1.807, 2.05) is 16.8 Å². The summed E-state index contributed by atoms with van der Waals surface area (Å²) in [6.45, 7) is 4.17. The second-order valence-corrected chi connectivity index (χ2v) is 5.70. The maximum atomic E-state index is 6.50. The van der Waals surface area contributed by atoms with Crippen molar-refractivity contribution >= 4 is 11.8 Å². The predicted octanol–water partition coefficient (Wildman–Crippen LogP) is 3.24. The van der Waals surface area contributed by atoms with Crippen LogP contribution in [-0.4, -0.2) is 23.1 Å². The molecule has 0 spiro atoms. The first-order chi connectivity index (χ1) is 9.60. The van der Waals surface area contributed by atoms with Crippen LogP contribution < -0.4 is 10.5 Å². The van der Waals surface area contributed by atoms with Crippen LogP contribution in [0.5, 0.6) is 5.75 Å². The van der Waals surface area contributed by atoms with E-state index in [-0.39, 0.29) is 12.1 Å². The molecule has 1 aromatic heterocycles. The lowest BCUT2D eigenvalue weighted by Gasteiger charge is -2.20. The lowest BCUT2D eigenvalue weighted by Crippen LogP contribution is -2.20. The first-order valence-corrected chi connectivity index (χ1v) is 7.82. The Hall–Kier alpha value is -1.46. The van der Waals surface area contributed by atoms with Crippen molar-refractivity contribution in [2.24, 2.45) is 5.73 Å². The van der Waals surface area contributed by atoms with E-state index in [2.05, 4.69) is 37.3 Å². The van der Waals surface area contributed by atoms with Crippen LogP contribution in [0.3, 0.4) is 0 Å². The number of nitrogens with zero attached hydrogens (tertiary/aromatic N) is 2. The third-order valence-corrected chi connectivity index (χ3v) is 4.09. The topological polar surface area (TPSA) is 53.1 Å². The average molecular weight is 291 g/mol. The van der Waals surface area contributed by atoms with Gasteiger partial charge in [0.1, 0.15) is 5.69 Å². The number of rotatable bonds is 5. The molecule has 2 N–H and O–H groups in total. The van der Waals surface area contributed by atoms with E-state index in [1.54, 1.807) is 25.1 Å². The lowest BCUT2D eigenvalue weighted by molar-refractivity contribution is 0.400. The third kappa shape index (κ3) is 2.69. The van der Waals surface area contributed by atoms with Crippen molar-refractivity contribution in [3.63, 3.8) is 0 Å². The first-order valence-electron chi connectivity index (χ1n) is 6.60. The van der Waals surface area contributed by atoms with Crippen molar-refractivity contribution in [3.8, 4) is 5.75 Å². The summed E-state index contributed by atoms with van der Waals surface area (Å²) in [7, 11) is 1.65. The first kappa shape index (κ1) is 14.9. The molecule has 1 heterocycles. The molecular formula is C15H21N3OS. The molecule has 2 rings (SSSR count). The Morgan fingerprint density at radius 1 is 1.30 bits per heavy atom. The fourth-order valence-electron chi connectivity index (χ4n) is 2.29. The molecule has 0 amide bonds. The second-order valence-electron chi connectivity index (χ2n) is 4.86. The highest BCUT2D eigenvalue weighted by Crippen LogP contribution is 2.34. The van der Waals surface area contributed by atoms with Gasteiger partial charge in [-0.3, -0.25) is 4.68 Å². The number of nitrogens with two attached hydrogens (primary N) is 1. The second kappa shape index (κ2) is 6.33. The lowest BCUT2D eigenvalue weighted by atomic mass is 10.0. The monoisotopic (exact) mass is 291 g/mol. The largest absolute Gasteiger partial charge is 0.493 e. The van der Waals surface area contributed by atoms with Crippen molar-refractivity contribution in [1.29, 1.82) is 0 Å². The van der Waals surface area contributed by atoms with Crippen LogP contribution in [0.25, 0.3) is 0 Å². The van der Waals surface area contributed by atoms with Gasteiger partial charge < -0.3 is 10.5 Å². The van der Waals surface area contributed by atoms with Gasteiger partial charge in [0.2, 0.25) is 0 Å². The quantitative estimate of drug-likeness (QED) is 0.859. The molecule has 0 fully saturated rings. The van der Waals surface area contributed by atoms with Crippen LogP contribution in [0.4, 0.5) is 0 Å². The summed E-state index contributed by atoms with van der Waals surface area (Å²) in [6, 6.07) is 8.17. The predicted molar refractivity (Wildman–Crippen MR) is 83.4 cm³/mol. The number of hydrogen-bond donors (Lipinski definition) is 1. The Morgan fingerprint density at radius 2 is 2.00 bits per heavy atom. The van der Waals surface area contributed by atoms with E-state index in [9.17, 15) is 0 Å². The number of methoxy groups -OCH3 is 1. The number of ether oxygens (including phenoxy) is 1. The van der Waals surface area contributed by atoms with Gasteiger partial charge in [0, 0.05) is 10.9 Å². The fourth-order valence-corrected chi connectivity index (χ4v) is 2.94. The van der Waals surface area contributed by atoms with Gasteiger partial charge in [-0.2, -0.15) is 5.10 Å². The Balaban J connectivity index is 2.52. The van der Waals surface area contributed by atoms with Crippen LogP contribution in [0.1, 0.15) is 37.2 Å². The summed E-state index contributed by atoms with van der Waals surface area (Å²) in [6.07, 6.45) is 3.79. The molecule has 0 aliphatic carbocycles. The molecule has 0 aliphatic rings. The highest BCUT2D eigenvalue weighted by molar-refractivity contribution is 7.98. The number of aromatic nitrogens is 2. The molecule has 0 saturated heterocycles. The molecule has 0 radical (unpaired) electrons. The smallest absolute Gasteiger partial charge is 0.161 e. The zero-order valence-corrected chi connectivity index (χ0v) is 13.1. The Kier molecular flexibility index (Phi) is 4.73. The summed E-state index contributed by atoms with van der Waals surface area (Å²) >= 11 is 1.70. The van der Waals surface area contributed by atoms with E-state index in [0.717, 1.165) is 17.0 Å². The maximum Gasteiger partial charge on any atom is 0.161 e. The van der Waals surface area contributed by atoms with Crippen LogP contribution >= 0.6 is 11.8 Å². The van der Waals surface area contributed by atoms with E-state index < -0.39 is 0 Å². The minimum absolute atomic E-state index is 0.237. The van der Waals surface area contributed by atoms with Crippen molar-refractivity contribution in [2.45, 2.75) is 30.8 Å². The molecule has 2 aromatic rings. The highest BCUT2D eigenvalue weighted by atomic mass is 32.2. The maximum absolute atomic E-state index is 6.50. The molecule has 108 valence electrons. The van der Waals surface area contributed by atoms with Gasteiger partial charge in [-0.1, -0.05) is 18.2 Å². The van der Waals surface area contributed by atoms with Gasteiger partial charge in [-0.15, -0.1) is 11.8 Å². The summed E-state index contributed by atoms with van der Waals surface area (Å²) in [5.74, 6) is 0.738. The molecular weight excluding hydrogens is 270 g/mol. The minimum atomic E-state index is -0.251. The third-order valence-electron chi connectivity index (χ3n) is 3.28. The molecule has 5 heteroatoms. The molecule has 20 heavy (non-hydrogen) atoms. The van der Waals surface area contributed by atoms with Crippen molar-refractivity contribution in [2.75, 3.05) is 13.4 Å². The highest BCUT2D eigenvalue weighted by Gasteiger charge is 2.23. The van der Waals surface area contributed by atoms with E-state index in [4.69, 9.17) is 10.5 Å².